The standard InChI is InChI=1S/C14H20O2S/c15-17(16)13-11-9-7-5-3-1-2-4-6-8-10-12-14-17/h1-8,13-14H2. The number of hydrogen-bond donors (Lipinski definition) is 0. The highest BCUT2D eigenvalue weighted by Crippen LogP contribution is 2.08. The first kappa shape index (κ1) is 14.1. The fraction of sp³-hybridized carbons (Fsp3) is 0.714. The van der Waals surface area contributed by atoms with Gasteiger partial charge in [0.15, 0.2) is 9.84 Å². The van der Waals surface area contributed by atoms with Crippen LogP contribution in [0.4, 0.5) is 0 Å². The largest absolute Gasteiger partial charge is 0.227 e. The molecule has 0 N–H and O–H groups in total. The van der Waals surface area contributed by atoms with Crippen molar-refractivity contribution in [2.24, 2.45) is 0 Å². The van der Waals surface area contributed by atoms with Crippen LogP contribution in [0.2, 0.25) is 0 Å². The molecule has 1 heterocycles. The van der Waals surface area contributed by atoms with Crippen LogP contribution in [0.15, 0.2) is 0 Å². The summed E-state index contributed by atoms with van der Waals surface area (Å²) in [6, 6.07) is 0. The molecule has 0 radical (unpaired) electrons. The van der Waals surface area contributed by atoms with Crippen molar-refractivity contribution < 1.29 is 8.42 Å². The van der Waals surface area contributed by atoms with Gasteiger partial charge >= 0.3 is 0 Å². The minimum atomic E-state index is -3.09. The summed E-state index contributed by atoms with van der Waals surface area (Å²) < 4.78 is 23.0. The van der Waals surface area contributed by atoms with E-state index >= 15 is 0 Å². The van der Waals surface area contributed by atoms with Crippen LogP contribution in [0.3, 0.4) is 0 Å². The van der Waals surface area contributed by atoms with Gasteiger partial charge < -0.3 is 0 Å². The Morgan fingerprint density at radius 3 is 1.47 bits per heavy atom. The van der Waals surface area contributed by atoms with Gasteiger partial charge in [0.05, 0.1) is 0 Å². The molecule has 0 unspecified atom stereocenters. The third-order valence-electron chi connectivity index (χ3n) is 2.69. The maximum absolute atomic E-state index is 11.5. The van der Waals surface area contributed by atoms with Gasteiger partial charge in [0.1, 0.15) is 11.5 Å². The number of sulfone groups is 1. The van der Waals surface area contributed by atoms with Crippen LogP contribution in [0.5, 0.6) is 0 Å². The summed E-state index contributed by atoms with van der Waals surface area (Å²) in [7, 11) is -3.09. The molecule has 0 aromatic rings. The molecule has 17 heavy (non-hydrogen) atoms. The van der Waals surface area contributed by atoms with Gasteiger partial charge in [0, 0.05) is 12.8 Å². The molecule has 2 nitrogen and oxygen atoms in total. The Balaban J connectivity index is 2.51. The Morgan fingerprint density at radius 2 is 1.00 bits per heavy atom. The molecule has 0 saturated carbocycles. The molecule has 0 aromatic carbocycles. The van der Waals surface area contributed by atoms with E-state index in [9.17, 15) is 8.42 Å². The molecule has 1 aliphatic heterocycles. The number of rotatable bonds is 0. The second-order valence-electron chi connectivity index (χ2n) is 4.36. The van der Waals surface area contributed by atoms with E-state index in [2.05, 4.69) is 23.7 Å². The van der Waals surface area contributed by atoms with Crippen LogP contribution in [0, 0.1) is 23.7 Å². The summed E-state index contributed by atoms with van der Waals surface area (Å²) in [4.78, 5) is 0. The molecule has 0 bridgehead atoms. The van der Waals surface area contributed by atoms with Crippen LogP contribution in [-0.2, 0) is 9.84 Å². The third kappa shape index (κ3) is 7.88. The summed E-state index contributed by atoms with van der Waals surface area (Å²) in [5, 5.41) is 0. The molecule has 0 spiro atoms. The second-order valence-corrected chi connectivity index (χ2v) is 6.43. The smallest absolute Gasteiger partial charge is 0.172 e. The SMILES string of the molecule is O=S1(=O)CC#CCCCCCCCCC#CC1. The third-order valence-corrected chi connectivity index (χ3v) is 3.86. The van der Waals surface area contributed by atoms with E-state index in [-0.39, 0.29) is 11.5 Å². The summed E-state index contributed by atoms with van der Waals surface area (Å²) in [5.74, 6) is 11.3. The Hall–Kier alpha value is -0.930. The van der Waals surface area contributed by atoms with Crippen LogP contribution >= 0.6 is 0 Å². The number of hydrogen-bond acceptors (Lipinski definition) is 2. The highest BCUT2D eigenvalue weighted by molar-refractivity contribution is 7.91. The molecule has 0 saturated heterocycles. The van der Waals surface area contributed by atoms with Gasteiger partial charge in [-0.15, -0.1) is 11.8 Å². The molecule has 3 heteroatoms. The molecular weight excluding hydrogens is 232 g/mol. The summed E-state index contributed by atoms with van der Waals surface area (Å²) in [6.45, 7) is 0. The summed E-state index contributed by atoms with van der Waals surface area (Å²) >= 11 is 0. The average Bonchev–Trinajstić information content (AvgIpc) is 2.29. The van der Waals surface area contributed by atoms with Gasteiger partial charge in [-0.3, -0.25) is 0 Å². The first-order valence-corrected chi connectivity index (χ1v) is 8.15. The zero-order valence-corrected chi connectivity index (χ0v) is 11.1. The zero-order valence-electron chi connectivity index (χ0n) is 10.3. The maximum Gasteiger partial charge on any atom is 0.172 e. The molecule has 0 atom stereocenters. The van der Waals surface area contributed by atoms with Crippen LogP contribution in [-0.4, -0.2) is 19.9 Å². The zero-order chi connectivity index (χ0) is 12.4. The maximum atomic E-state index is 11.5. The Bertz CT molecular complexity index is 390. The van der Waals surface area contributed by atoms with Gasteiger partial charge in [-0.25, -0.2) is 8.42 Å². The fourth-order valence-corrected chi connectivity index (χ4v) is 2.43. The Morgan fingerprint density at radius 1 is 0.588 bits per heavy atom. The molecular formula is C14H20O2S. The lowest BCUT2D eigenvalue weighted by Gasteiger charge is -1.97. The van der Waals surface area contributed by atoms with Gasteiger partial charge in [0.2, 0.25) is 0 Å². The predicted octanol–water partition coefficient (Wildman–Crippen LogP) is 2.54. The monoisotopic (exact) mass is 252 g/mol. The van der Waals surface area contributed by atoms with Gasteiger partial charge in [0.25, 0.3) is 0 Å². The lowest BCUT2D eigenvalue weighted by Crippen LogP contribution is -2.08. The van der Waals surface area contributed by atoms with Crippen LogP contribution in [0.1, 0.15) is 51.4 Å². The van der Waals surface area contributed by atoms with Crippen LogP contribution in [0.25, 0.3) is 0 Å². The topological polar surface area (TPSA) is 34.1 Å². The van der Waals surface area contributed by atoms with Crippen molar-refractivity contribution in [2.75, 3.05) is 11.5 Å². The predicted molar refractivity (Wildman–Crippen MR) is 71.1 cm³/mol. The van der Waals surface area contributed by atoms with Crippen molar-refractivity contribution in [1.82, 2.24) is 0 Å². The van der Waals surface area contributed by atoms with E-state index < -0.39 is 9.84 Å². The quantitative estimate of drug-likeness (QED) is 0.621. The normalized spacial score (nSPS) is 21.9. The second kappa shape index (κ2) is 8.20. The molecule has 0 aliphatic carbocycles. The van der Waals surface area contributed by atoms with E-state index in [0.29, 0.717) is 0 Å². The van der Waals surface area contributed by atoms with Crippen LogP contribution < -0.4 is 0 Å². The summed E-state index contributed by atoms with van der Waals surface area (Å²) in [5.41, 5.74) is 0. The minimum Gasteiger partial charge on any atom is -0.227 e. The lowest BCUT2D eigenvalue weighted by atomic mass is 10.1. The summed E-state index contributed by atoms with van der Waals surface area (Å²) in [6.07, 6.45) is 8.73. The van der Waals surface area contributed by atoms with Crippen molar-refractivity contribution in [3.05, 3.63) is 0 Å². The fourth-order valence-electron chi connectivity index (χ4n) is 1.68. The molecule has 0 aromatic heterocycles. The van der Waals surface area contributed by atoms with Crippen molar-refractivity contribution in [1.29, 1.82) is 0 Å². The van der Waals surface area contributed by atoms with E-state index in [1.54, 1.807) is 0 Å². The molecule has 1 aliphatic rings. The molecule has 0 amide bonds. The first-order valence-electron chi connectivity index (χ1n) is 6.32. The van der Waals surface area contributed by atoms with Crippen molar-refractivity contribution in [3.63, 3.8) is 0 Å². The first-order chi connectivity index (χ1) is 8.21. The average molecular weight is 252 g/mol. The van der Waals surface area contributed by atoms with Crippen molar-refractivity contribution >= 4 is 9.84 Å². The molecule has 94 valence electrons. The Labute approximate surface area is 105 Å². The highest BCUT2D eigenvalue weighted by Gasteiger charge is 2.05. The lowest BCUT2D eigenvalue weighted by molar-refractivity contribution is 0.602. The van der Waals surface area contributed by atoms with Gasteiger partial charge in [-0.2, -0.15) is 0 Å². The van der Waals surface area contributed by atoms with E-state index in [4.69, 9.17) is 0 Å². The molecule has 0 fully saturated rings. The van der Waals surface area contributed by atoms with Gasteiger partial charge in [-0.05, 0) is 12.8 Å². The van der Waals surface area contributed by atoms with Gasteiger partial charge in [-0.1, -0.05) is 37.5 Å². The Kier molecular flexibility index (Phi) is 6.82. The minimum absolute atomic E-state index is 0.0400. The van der Waals surface area contributed by atoms with E-state index in [1.807, 2.05) is 0 Å². The van der Waals surface area contributed by atoms with Crippen molar-refractivity contribution in [3.8, 4) is 23.7 Å². The van der Waals surface area contributed by atoms with E-state index in [0.717, 1.165) is 25.7 Å². The molecule has 1 rings (SSSR count). The highest BCUT2D eigenvalue weighted by atomic mass is 32.2. The van der Waals surface area contributed by atoms with E-state index in [1.165, 1.54) is 25.7 Å². The van der Waals surface area contributed by atoms with Crippen molar-refractivity contribution in [2.45, 2.75) is 51.4 Å².